The zero-order chi connectivity index (χ0) is 19.4. The highest BCUT2D eigenvalue weighted by atomic mass is 32.2. The number of nitrogens with zero attached hydrogens (tertiary/aromatic N) is 2. The number of carbonyl (C=O) groups excluding carboxylic acids is 1. The molecule has 8 heteroatoms. The van der Waals surface area contributed by atoms with Gasteiger partial charge < -0.3 is 9.47 Å². The number of benzene rings is 1. The van der Waals surface area contributed by atoms with Gasteiger partial charge in [-0.3, -0.25) is 4.79 Å². The molecule has 1 saturated heterocycles. The predicted molar refractivity (Wildman–Crippen MR) is 99.2 cm³/mol. The minimum atomic E-state index is -3.59. The first-order valence-corrected chi connectivity index (χ1v) is 10.1. The van der Waals surface area contributed by atoms with Gasteiger partial charge in [0.2, 0.25) is 0 Å². The molecule has 146 valence electrons. The number of methoxy groups -OCH3 is 1. The molecule has 1 aliphatic rings. The fourth-order valence-corrected chi connectivity index (χ4v) is 4.59. The standard InChI is InChI=1S/C18H28N2O5S/c1-5-25-17(21)18(13-15-8-6-9-16(12-15)24-4)10-7-11-20(14-18)26(22,23)19(2)3/h6,8-9,12H,5,7,10-11,13-14H2,1-4H3/t18-/m1/s1. The van der Waals surface area contributed by atoms with Crippen molar-refractivity contribution in [1.29, 1.82) is 0 Å². The smallest absolute Gasteiger partial charge is 0.313 e. The summed E-state index contributed by atoms with van der Waals surface area (Å²) < 4.78 is 38.3. The summed E-state index contributed by atoms with van der Waals surface area (Å²) in [4.78, 5) is 12.8. The average molecular weight is 384 g/mol. The number of hydrogen-bond acceptors (Lipinski definition) is 5. The third-order valence-electron chi connectivity index (χ3n) is 4.71. The molecule has 0 unspecified atom stereocenters. The second-order valence-electron chi connectivity index (χ2n) is 6.76. The molecule has 0 aromatic heterocycles. The third-order valence-corrected chi connectivity index (χ3v) is 6.60. The van der Waals surface area contributed by atoms with Gasteiger partial charge in [0.25, 0.3) is 10.2 Å². The lowest BCUT2D eigenvalue weighted by Crippen LogP contribution is -2.53. The van der Waals surface area contributed by atoms with Gasteiger partial charge in [0.05, 0.1) is 19.1 Å². The second kappa shape index (κ2) is 8.37. The summed E-state index contributed by atoms with van der Waals surface area (Å²) in [6, 6.07) is 7.50. The number of piperidine rings is 1. The number of ether oxygens (including phenoxy) is 2. The SMILES string of the molecule is CCOC(=O)[C@@]1(Cc2cccc(OC)c2)CCCN(S(=O)(=O)N(C)C)C1. The highest BCUT2D eigenvalue weighted by molar-refractivity contribution is 7.86. The molecule has 2 rings (SSSR count). The summed E-state index contributed by atoms with van der Waals surface area (Å²) in [6.07, 6.45) is 1.60. The first-order chi connectivity index (χ1) is 12.2. The van der Waals surface area contributed by atoms with E-state index < -0.39 is 15.6 Å². The molecule has 26 heavy (non-hydrogen) atoms. The van der Waals surface area contributed by atoms with Gasteiger partial charge in [-0.1, -0.05) is 12.1 Å². The Morgan fingerprint density at radius 1 is 1.35 bits per heavy atom. The lowest BCUT2D eigenvalue weighted by Gasteiger charge is -2.41. The van der Waals surface area contributed by atoms with Crippen LogP contribution in [0.5, 0.6) is 5.75 Å². The Balaban J connectivity index is 2.37. The van der Waals surface area contributed by atoms with Crippen LogP contribution < -0.4 is 4.74 Å². The van der Waals surface area contributed by atoms with E-state index in [-0.39, 0.29) is 19.1 Å². The highest BCUT2D eigenvalue weighted by Gasteiger charge is 2.46. The molecule has 0 bridgehead atoms. The molecule has 1 fully saturated rings. The largest absolute Gasteiger partial charge is 0.497 e. The Kier molecular flexibility index (Phi) is 6.65. The van der Waals surface area contributed by atoms with E-state index in [1.54, 1.807) is 14.0 Å². The summed E-state index contributed by atoms with van der Waals surface area (Å²) in [5.74, 6) is 0.358. The lowest BCUT2D eigenvalue weighted by atomic mass is 9.75. The summed E-state index contributed by atoms with van der Waals surface area (Å²) >= 11 is 0. The van der Waals surface area contributed by atoms with E-state index in [2.05, 4.69) is 0 Å². The minimum absolute atomic E-state index is 0.115. The molecule has 0 amide bonds. The molecule has 1 aromatic carbocycles. The molecule has 0 radical (unpaired) electrons. The van der Waals surface area contributed by atoms with E-state index in [0.717, 1.165) is 5.56 Å². The summed E-state index contributed by atoms with van der Waals surface area (Å²) in [6.45, 7) is 2.54. The summed E-state index contributed by atoms with van der Waals surface area (Å²) in [5, 5.41) is 0. The Morgan fingerprint density at radius 3 is 2.69 bits per heavy atom. The Labute approximate surface area is 156 Å². The van der Waals surface area contributed by atoms with Crippen LogP contribution in [-0.2, 0) is 26.2 Å². The van der Waals surface area contributed by atoms with E-state index in [0.29, 0.717) is 31.6 Å². The minimum Gasteiger partial charge on any atom is -0.497 e. The number of hydrogen-bond donors (Lipinski definition) is 0. The van der Waals surface area contributed by atoms with Crippen molar-refractivity contribution < 1.29 is 22.7 Å². The van der Waals surface area contributed by atoms with Crippen LogP contribution in [0.4, 0.5) is 0 Å². The van der Waals surface area contributed by atoms with Crippen molar-refractivity contribution >= 4 is 16.2 Å². The first kappa shape index (κ1) is 20.7. The Morgan fingerprint density at radius 2 is 2.08 bits per heavy atom. The molecule has 1 aliphatic heterocycles. The lowest BCUT2D eigenvalue weighted by molar-refractivity contribution is -0.158. The normalized spacial score (nSPS) is 21.6. The average Bonchev–Trinajstić information content (AvgIpc) is 2.62. The van der Waals surface area contributed by atoms with E-state index >= 15 is 0 Å². The van der Waals surface area contributed by atoms with E-state index in [1.165, 1.54) is 22.7 Å². The third kappa shape index (κ3) is 4.36. The molecular weight excluding hydrogens is 356 g/mol. The van der Waals surface area contributed by atoms with Crippen LogP contribution in [0.2, 0.25) is 0 Å². The van der Waals surface area contributed by atoms with Crippen LogP contribution in [-0.4, -0.2) is 63.9 Å². The maximum atomic E-state index is 12.8. The number of esters is 1. The zero-order valence-corrected chi connectivity index (χ0v) is 16.7. The van der Waals surface area contributed by atoms with Gasteiger partial charge in [-0.2, -0.15) is 17.0 Å². The van der Waals surface area contributed by atoms with Crippen molar-refractivity contribution in [2.75, 3.05) is 40.9 Å². The van der Waals surface area contributed by atoms with Crippen LogP contribution in [0.1, 0.15) is 25.3 Å². The summed E-state index contributed by atoms with van der Waals surface area (Å²) in [7, 11) is 0.995. The maximum absolute atomic E-state index is 12.8. The topological polar surface area (TPSA) is 76.1 Å². The van der Waals surface area contributed by atoms with Gasteiger partial charge in [0, 0.05) is 27.2 Å². The highest BCUT2D eigenvalue weighted by Crippen LogP contribution is 2.37. The van der Waals surface area contributed by atoms with Crippen molar-refractivity contribution in [3.63, 3.8) is 0 Å². The molecular formula is C18H28N2O5S. The van der Waals surface area contributed by atoms with Crippen LogP contribution in [0, 0.1) is 5.41 Å². The van der Waals surface area contributed by atoms with Gasteiger partial charge >= 0.3 is 5.97 Å². The second-order valence-corrected chi connectivity index (χ2v) is 8.90. The van der Waals surface area contributed by atoms with Crippen LogP contribution in [0.25, 0.3) is 0 Å². The molecule has 1 aromatic rings. The van der Waals surface area contributed by atoms with Crippen LogP contribution in [0.3, 0.4) is 0 Å². The molecule has 7 nitrogen and oxygen atoms in total. The van der Waals surface area contributed by atoms with Crippen molar-refractivity contribution in [2.24, 2.45) is 5.41 Å². The zero-order valence-electron chi connectivity index (χ0n) is 15.9. The van der Waals surface area contributed by atoms with Gasteiger partial charge in [-0.15, -0.1) is 0 Å². The van der Waals surface area contributed by atoms with Crippen LogP contribution in [0.15, 0.2) is 24.3 Å². The van der Waals surface area contributed by atoms with Crippen molar-refractivity contribution in [2.45, 2.75) is 26.2 Å². The van der Waals surface area contributed by atoms with Crippen molar-refractivity contribution in [3.8, 4) is 5.75 Å². The Hall–Kier alpha value is -1.64. The van der Waals surface area contributed by atoms with Crippen molar-refractivity contribution in [1.82, 2.24) is 8.61 Å². The fraction of sp³-hybridized carbons (Fsp3) is 0.611. The predicted octanol–water partition coefficient (Wildman–Crippen LogP) is 1.69. The van der Waals surface area contributed by atoms with E-state index in [4.69, 9.17) is 9.47 Å². The number of rotatable bonds is 7. The monoisotopic (exact) mass is 384 g/mol. The molecule has 1 heterocycles. The fourth-order valence-electron chi connectivity index (χ4n) is 3.36. The number of carbonyl (C=O) groups is 1. The van der Waals surface area contributed by atoms with E-state index in [1.807, 2.05) is 24.3 Å². The molecule has 0 N–H and O–H groups in total. The van der Waals surface area contributed by atoms with E-state index in [9.17, 15) is 13.2 Å². The van der Waals surface area contributed by atoms with Gasteiger partial charge in [-0.25, -0.2) is 0 Å². The molecule has 0 saturated carbocycles. The van der Waals surface area contributed by atoms with Crippen molar-refractivity contribution in [3.05, 3.63) is 29.8 Å². The van der Waals surface area contributed by atoms with Gasteiger partial charge in [0.1, 0.15) is 5.75 Å². The molecule has 0 aliphatic carbocycles. The first-order valence-electron chi connectivity index (χ1n) is 8.73. The molecule has 0 spiro atoms. The van der Waals surface area contributed by atoms with Crippen LogP contribution >= 0.6 is 0 Å². The van der Waals surface area contributed by atoms with Gasteiger partial charge in [0.15, 0.2) is 0 Å². The van der Waals surface area contributed by atoms with Gasteiger partial charge in [-0.05, 0) is 43.9 Å². The Bertz CT molecular complexity index is 735. The molecule has 1 atom stereocenters. The quantitative estimate of drug-likeness (QED) is 0.669. The maximum Gasteiger partial charge on any atom is 0.313 e. The summed E-state index contributed by atoms with van der Waals surface area (Å²) in [5.41, 5.74) is 0.0190.